The van der Waals surface area contributed by atoms with Gasteiger partial charge in [-0.3, -0.25) is 0 Å². The Morgan fingerprint density at radius 3 is 1.64 bits per heavy atom. The van der Waals surface area contributed by atoms with Crippen LogP contribution in [0.1, 0.15) is 5.56 Å². The number of rotatable bonds is 3. The Kier molecular flexibility index (Phi) is 3.36. The number of aliphatic hydroxyl groups is 1. The van der Waals surface area contributed by atoms with Crippen molar-refractivity contribution < 1.29 is 5.11 Å². The summed E-state index contributed by atoms with van der Waals surface area (Å²) in [6.45, 7) is 0.0858. The first-order valence-electron chi connectivity index (χ1n) is 4.64. The Hall–Kier alpha value is -1.22. The largest absolute Gasteiger partial charge is 0.392 e. The van der Waals surface area contributed by atoms with Gasteiger partial charge in [-0.25, -0.2) is 0 Å². The molecule has 78 valence electrons. The lowest BCUT2D eigenvalue weighted by atomic mass is 10.1. The predicted octanol–water partition coefficient (Wildman–Crippen LogP) is 1.31. The van der Waals surface area contributed by atoms with Crippen LogP contribution in [-0.4, -0.2) is 33.3 Å². The molecular weight excluding hydrogens is 176 g/mol. The highest BCUT2D eigenvalue weighted by atomic mass is 16.3. The van der Waals surface area contributed by atoms with E-state index >= 15 is 0 Å². The molecule has 3 heteroatoms. The van der Waals surface area contributed by atoms with Gasteiger partial charge in [0.2, 0.25) is 0 Å². The zero-order valence-electron chi connectivity index (χ0n) is 9.28. The third kappa shape index (κ3) is 2.39. The molecule has 0 atom stereocenters. The van der Waals surface area contributed by atoms with Crippen LogP contribution in [-0.2, 0) is 6.61 Å². The number of aliphatic hydroxyl groups excluding tert-OH is 1. The quantitative estimate of drug-likeness (QED) is 0.786. The fourth-order valence-electron chi connectivity index (χ4n) is 1.26. The monoisotopic (exact) mass is 194 g/mol. The topological polar surface area (TPSA) is 26.7 Å². The van der Waals surface area contributed by atoms with Gasteiger partial charge < -0.3 is 14.9 Å². The number of nitrogens with zero attached hydrogens (tertiary/aromatic N) is 2. The molecule has 0 bridgehead atoms. The van der Waals surface area contributed by atoms with Crippen molar-refractivity contribution in [3.63, 3.8) is 0 Å². The summed E-state index contributed by atoms with van der Waals surface area (Å²) in [5.41, 5.74) is 3.17. The second-order valence-electron chi connectivity index (χ2n) is 3.80. The third-order valence-electron chi connectivity index (χ3n) is 2.18. The highest BCUT2D eigenvalue weighted by Crippen LogP contribution is 2.22. The van der Waals surface area contributed by atoms with Crippen LogP contribution in [0.3, 0.4) is 0 Å². The summed E-state index contributed by atoms with van der Waals surface area (Å²) < 4.78 is 0. The predicted molar refractivity (Wildman–Crippen MR) is 61.0 cm³/mol. The van der Waals surface area contributed by atoms with Gasteiger partial charge in [0.15, 0.2) is 0 Å². The van der Waals surface area contributed by atoms with Gasteiger partial charge in [-0.05, 0) is 23.8 Å². The van der Waals surface area contributed by atoms with E-state index in [9.17, 15) is 0 Å². The number of hydrogen-bond donors (Lipinski definition) is 1. The summed E-state index contributed by atoms with van der Waals surface area (Å²) in [5.74, 6) is 0. The molecule has 0 aliphatic carbocycles. The Morgan fingerprint density at radius 1 is 0.929 bits per heavy atom. The van der Waals surface area contributed by atoms with Gasteiger partial charge in [0.1, 0.15) is 0 Å². The van der Waals surface area contributed by atoms with Gasteiger partial charge in [0, 0.05) is 39.6 Å². The molecule has 0 aliphatic rings. The van der Waals surface area contributed by atoms with Crippen molar-refractivity contribution in [2.24, 2.45) is 0 Å². The molecule has 0 heterocycles. The molecule has 14 heavy (non-hydrogen) atoms. The van der Waals surface area contributed by atoms with Crippen LogP contribution >= 0.6 is 0 Å². The molecule has 0 spiro atoms. The average Bonchev–Trinajstić information content (AvgIpc) is 2.16. The highest BCUT2D eigenvalue weighted by Gasteiger charge is 2.03. The van der Waals surface area contributed by atoms with Gasteiger partial charge in [0.25, 0.3) is 0 Å². The smallest absolute Gasteiger partial charge is 0.0683 e. The average molecular weight is 194 g/mol. The molecular formula is C11H18N2O. The SMILES string of the molecule is CN(C)c1cc(CO)cc(N(C)C)c1. The van der Waals surface area contributed by atoms with E-state index < -0.39 is 0 Å². The molecule has 0 aromatic heterocycles. The van der Waals surface area contributed by atoms with Crippen LogP contribution in [0.2, 0.25) is 0 Å². The number of benzene rings is 1. The highest BCUT2D eigenvalue weighted by molar-refractivity contribution is 5.60. The summed E-state index contributed by atoms with van der Waals surface area (Å²) in [6.07, 6.45) is 0. The van der Waals surface area contributed by atoms with E-state index in [4.69, 9.17) is 5.11 Å². The lowest BCUT2D eigenvalue weighted by molar-refractivity contribution is 0.282. The second-order valence-corrected chi connectivity index (χ2v) is 3.80. The van der Waals surface area contributed by atoms with E-state index in [0.717, 1.165) is 16.9 Å². The third-order valence-corrected chi connectivity index (χ3v) is 2.18. The maximum atomic E-state index is 9.11. The molecule has 3 nitrogen and oxygen atoms in total. The van der Waals surface area contributed by atoms with Crippen molar-refractivity contribution in [3.8, 4) is 0 Å². The van der Waals surface area contributed by atoms with Gasteiger partial charge in [-0.15, -0.1) is 0 Å². The van der Waals surface area contributed by atoms with E-state index in [1.54, 1.807) is 0 Å². The first-order chi connectivity index (χ1) is 6.54. The Balaban J connectivity index is 3.13. The summed E-state index contributed by atoms with van der Waals surface area (Å²) in [7, 11) is 7.98. The van der Waals surface area contributed by atoms with Crippen molar-refractivity contribution in [3.05, 3.63) is 23.8 Å². The Morgan fingerprint density at radius 2 is 1.36 bits per heavy atom. The fourth-order valence-corrected chi connectivity index (χ4v) is 1.26. The molecule has 0 aliphatic heterocycles. The van der Waals surface area contributed by atoms with Crippen LogP contribution in [0.5, 0.6) is 0 Å². The van der Waals surface area contributed by atoms with Crippen LogP contribution in [0.25, 0.3) is 0 Å². The van der Waals surface area contributed by atoms with Gasteiger partial charge in [-0.1, -0.05) is 0 Å². The molecule has 0 saturated heterocycles. The maximum Gasteiger partial charge on any atom is 0.0683 e. The molecule has 0 radical (unpaired) electrons. The van der Waals surface area contributed by atoms with Crippen molar-refractivity contribution in [2.75, 3.05) is 38.0 Å². The van der Waals surface area contributed by atoms with Crippen LogP contribution < -0.4 is 9.80 Å². The van der Waals surface area contributed by atoms with Crippen molar-refractivity contribution >= 4 is 11.4 Å². The van der Waals surface area contributed by atoms with Gasteiger partial charge >= 0.3 is 0 Å². The van der Waals surface area contributed by atoms with Crippen LogP contribution in [0, 0.1) is 0 Å². The summed E-state index contributed by atoms with van der Waals surface area (Å²) in [5, 5.41) is 9.11. The summed E-state index contributed by atoms with van der Waals surface area (Å²) in [4.78, 5) is 4.07. The Labute approximate surface area is 85.6 Å². The lowest BCUT2D eigenvalue weighted by Crippen LogP contribution is -2.13. The molecule has 1 N–H and O–H groups in total. The number of hydrogen-bond acceptors (Lipinski definition) is 3. The first-order valence-corrected chi connectivity index (χ1v) is 4.64. The van der Waals surface area contributed by atoms with E-state index in [1.807, 2.05) is 50.1 Å². The normalized spacial score (nSPS) is 10.1. The first kappa shape index (κ1) is 10.9. The van der Waals surface area contributed by atoms with Crippen molar-refractivity contribution in [1.82, 2.24) is 0 Å². The van der Waals surface area contributed by atoms with E-state index in [1.165, 1.54) is 0 Å². The lowest BCUT2D eigenvalue weighted by Gasteiger charge is -2.19. The minimum absolute atomic E-state index is 0.0858. The minimum atomic E-state index is 0.0858. The molecule has 1 aromatic carbocycles. The van der Waals surface area contributed by atoms with E-state index in [0.29, 0.717) is 0 Å². The van der Waals surface area contributed by atoms with Crippen molar-refractivity contribution in [1.29, 1.82) is 0 Å². The molecule has 0 amide bonds. The van der Waals surface area contributed by atoms with E-state index in [-0.39, 0.29) is 6.61 Å². The van der Waals surface area contributed by atoms with Gasteiger partial charge in [0.05, 0.1) is 6.61 Å². The van der Waals surface area contributed by atoms with Gasteiger partial charge in [-0.2, -0.15) is 0 Å². The minimum Gasteiger partial charge on any atom is -0.392 e. The molecule has 1 aromatic rings. The zero-order chi connectivity index (χ0) is 10.7. The van der Waals surface area contributed by atoms with Crippen LogP contribution in [0.15, 0.2) is 18.2 Å². The van der Waals surface area contributed by atoms with Crippen molar-refractivity contribution in [2.45, 2.75) is 6.61 Å². The summed E-state index contributed by atoms with van der Waals surface area (Å²) in [6, 6.07) is 6.08. The van der Waals surface area contributed by atoms with Crippen LogP contribution in [0.4, 0.5) is 11.4 Å². The number of anilines is 2. The summed E-state index contributed by atoms with van der Waals surface area (Å²) >= 11 is 0. The standard InChI is InChI=1S/C11H18N2O/c1-12(2)10-5-9(8-14)6-11(7-10)13(3)4/h5-7,14H,8H2,1-4H3. The zero-order valence-corrected chi connectivity index (χ0v) is 9.28. The molecule has 0 unspecified atom stereocenters. The maximum absolute atomic E-state index is 9.11. The Bertz CT molecular complexity index is 282. The van der Waals surface area contributed by atoms with E-state index in [2.05, 4.69) is 6.07 Å². The second kappa shape index (κ2) is 4.33. The molecule has 0 saturated carbocycles. The fraction of sp³-hybridized carbons (Fsp3) is 0.455. The molecule has 1 rings (SSSR count). The molecule has 0 fully saturated rings.